The molecule has 4 rings (SSSR count). The maximum atomic E-state index is 13.5. The molecule has 4 aromatic rings. The average Bonchev–Trinajstić information content (AvgIpc) is 2.95. The van der Waals surface area contributed by atoms with Crippen LogP contribution in [0.2, 0.25) is 0 Å². The van der Waals surface area contributed by atoms with Crippen LogP contribution in [0.25, 0.3) is 11.1 Å². The van der Waals surface area contributed by atoms with Crippen LogP contribution in [0.3, 0.4) is 0 Å². The Morgan fingerprint density at radius 3 is 2.07 bits per heavy atom. The molecule has 0 bridgehead atoms. The highest BCUT2D eigenvalue weighted by molar-refractivity contribution is 5.79. The highest BCUT2D eigenvalue weighted by Crippen LogP contribution is 2.36. The third kappa shape index (κ3) is 8.59. The highest BCUT2D eigenvalue weighted by Gasteiger charge is 2.44. The summed E-state index contributed by atoms with van der Waals surface area (Å²) in [6.45, 7) is -1.53. The van der Waals surface area contributed by atoms with Crippen LogP contribution >= 0.6 is 0 Å². The lowest BCUT2D eigenvalue weighted by molar-refractivity contribution is -0.253. The van der Waals surface area contributed by atoms with Crippen LogP contribution in [0.5, 0.6) is 11.5 Å². The monoisotopic (exact) mass is 629 g/mol. The lowest BCUT2D eigenvalue weighted by Crippen LogP contribution is -2.41. The number of nitrogens with zero attached hydrogens (tertiary/aromatic N) is 1. The Labute approximate surface area is 245 Å². The standard InChI is InChI=1S/C31H24F9NO3/c32-22-11-20(12-23(33)15-22)18-43-24-7-4-6-21(14-24)26-9-1-2-10-27(26)41(17-28(42)30(36,37)38)16-19-5-3-8-25(13-19)44-31(39,40)29(34)35/h1-15,28-29,42H,16-18H2/t28-/m1/s1. The predicted octanol–water partition coefficient (Wildman–Crippen LogP) is 8.38. The Morgan fingerprint density at radius 2 is 1.39 bits per heavy atom. The number of benzene rings is 4. The summed E-state index contributed by atoms with van der Waals surface area (Å²) in [5.41, 5.74) is 1.39. The van der Waals surface area contributed by atoms with Gasteiger partial charge in [-0.1, -0.05) is 42.5 Å². The maximum absolute atomic E-state index is 13.5. The quantitative estimate of drug-likeness (QED) is 0.160. The number of hydrogen-bond acceptors (Lipinski definition) is 4. The molecule has 4 nitrogen and oxygen atoms in total. The fourth-order valence-corrected chi connectivity index (χ4v) is 4.30. The molecule has 0 aromatic heterocycles. The van der Waals surface area contributed by atoms with Gasteiger partial charge in [-0.15, -0.1) is 0 Å². The summed E-state index contributed by atoms with van der Waals surface area (Å²) in [4.78, 5) is 1.15. The summed E-state index contributed by atoms with van der Waals surface area (Å²) in [5.74, 6) is -1.94. The molecule has 0 radical (unpaired) electrons. The van der Waals surface area contributed by atoms with E-state index in [-0.39, 0.29) is 35.7 Å². The summed E-state index contributed by atoms with van der Waals surface area (Å²) in [7, 11) is 0. The normalized spacial score (nSPS) is 12.7. The van der Waals surface area contributed by atoms with E-state index >= 15 is 0 Å². The number of anilines is 1. The third-order valence-corrected chi connectivity index (χ3v) is 6.27. The molecule has 13 heteroatoms. The lowest BCUT2D eigenvalue weighted by atomic mass is 10.0. The van der Waals surface area contributed by atoms with Crippen LogP contribution in [0.4, 0.5) is 45.2 Å². The van der Waals surface area contributed by atoms with E-state index in [9.17, 15) is 44.6 Å². The van der Waals surface area contributed by atoms with Crippen molar-refractivity contribution in [2.45, 2.75) is 38.0 Å². The highest BCUT2D eigenvalue weighted by atomic mass is 19.4. The van der Waals surface area contributed by atoms with Crippen molar-refractivity contribution >= 4 is 5.69 Å². The SMILES string of the molecule is O[C@H](CN(Cc1cccc(OC(F)(F)C(F)F)c1)c1ccccc1-c1cccc(OCc2cc(F)cc(F)c2)c1)C(F)(F)F. The van der Waals surface area contributed by atoms with E-state index in [2.05, 4.69) is 4.74 Å². The first kappa shape index (κ1) is 32.5. The molecule has 0 heterocycles. The van der Waals surface area contributed by atoms with Crippen LogP contribution < -0.4 is 14.4 Å². The van der Waals surface area contributed by atoms with Crippen molar-refractivity contribution < 1.29 is 54.1 Å². The molecule has 0 saturated heterocycles. The summed E-state index contributed by atoms with van der Waals surface area (Å²) in [5, 5.41) is 9.94. The zero-order valence-corrected chi connectivity index (χ0v) is 22.5. The van der Waals surface area contributed by atoms with Crippen molar-refractivity contribution in [3.63, 3.8) is 0 Å². The van der Waals surface area contributed by atoms with Crippen molar-refractivity contribution in [1.29, 1.82) is 0 Å². The molecule has 4 aromatic carbocycles. The molecule has 0 saturated carbocycles. The lowest BCUT2D eigenvalue weighted by Gasteiger charge is -2.30. The molecule has 44 heavy (non-hydrogen) atoms. The number of halogens is 9. The van der Waals surface area contributed by atoms with E-state index in [1.54, 1.807) is 36.4 Å². The number of alkyl halides is 7. The first-order chi connectivity index (χ1) is 20.7. The van der Waals surface area contributed by atoms with Crippen molar-refractivity contribution in [3.8, 4) is 22.6 Å². The summed E-state index contributed by atoms with van der Waals surface area (Å²) < 4.78 is 129. The minimum absolute atomic E-state index is 0.121. The van der Waals surface area contributed by atoms with Crippen molar-refractivity contribution in [1.82, 2.24) is 0 Å². The largest absolute Gasteiger partial charge is 0.489 e. The fourth-order valence-electron chi connectivity index (χ4n) is 4.30. The Morgan fingerprint density at radius 1 is 0.727 bits per heavy atom. The number of ether oxygens (including phenoxy) is 2. The molecular weight excluding hydrogens is 605 g/mol. The number of hydrogen-bond donors (Lipinski definition) is 1. The molecule has 1 atom stereocenters. The molecule has 0 fully saturated rings. The summed E-state index contributed by atoms with van der Waals surface area (Å²) >= 11 is 0. The van der Waals surface area contributed by atoms with E-state index < -0.39 is 48.7 Å². The van der Waals surface area contributed by atoms with Gasteiger partial charge in [0.15, 0.2) is 6.10 Å². The van der Waals surface area contributed by atoms with Crippen LogP contribution in [0, 0.1) is 11.6 Å². The molecule has 1 N–H and O–H groups in total. The first-order valence-corrected chi connectivity index (χ1v) is 12.9. The number of aliphatic hydroxyl groups is 1. The fraction of sp³-hybridized carbons (Fsp3) is 0.226. The topological polar surface area (TPSA) is 41.9 Å². The molecule has 0 aliphatic heterocycles. The Kier molecular flexibility index (Phi) is 9.98. The zero-order valence-electron chi connectivity index (χ0n) is 22.5. The second kappa shape index (κ2) is 13.5. The van der Waals surface area contributed by atoms with Gasteiger partial charge >= 0.3 is 18.7 Å². The van der Waals surface area contributed by atoms with E-state index in [4.69, 9.17) is 4.74 Å². The average molecular weight is 630 g/mol. The number of aliphatic hydroxyl groups excluding tert-OH is 1. The van der Waals surface area contributed by atoms with Gasteiger partial charge in [-0.2, -0.15) is 30.7 Å². The summed E-state index contributed by atoms with van der Waals surface area (Å²) in [6.07, 6.45) is -16.7. The van der Waals surface area contributed by atoms with Crippen molar-refractivity contribution in [2.75, 3.05) is 11.4 Å². The van der Waals surface area contributed by atoms with Crippen molar-refractivity contribution in [2.24, 2.45) is 0 Å². The van der Waals surface area contributed by atoms with Crippen LogP contribution in [-0.2, 0) is 13.2 Å². The van der Waals surface area contributed by atoms with E-state index in [1.807, 2.05) is 0 Å². The van der Waals surface area contributed by atoms with Gasteiger partial charge in [0.05, 0.1) is 6.54 Å². The predicted molar refractivity (Wildman–Crippen MR) is 144 cm³/mol. The molecule has 0 unspecified atom stereocenters. The Bertz CT molecular complexity index is 1540. The second-order valence-electron chi connectivity index (χ2n) is 9.66. The van der Waals surface area contributed by atoms with Gasteiger partial charge in [0.25, 0.3) is 0 Å². The molecular formula is C31H24F9NO3. The number of para-hydroxylation sites is 1. The van der Waals surface area contributed by atoms with E-state index in [0.29, 0.717) is 17.2 Å². The van der Waals surface area contributed by atoms with Crippen molar-refractivity contribution in [3.05, 3.63) is 114 Å². The molecule has 0 aliphatic carbocycles. The molecule has 234 valence electrons. The second-order valence-corrected chi connectivity index (χ2v) is 9.66. The summed E-state index contributed by atoms with van der Waals surface area (Å²) in [6, 6.07) is 20.0. The van der Waals surface area contributed by atoms with Crippen LogP contribution in [0.15, 0.2) is 91.0 Å². The molecule has 0 spiro atoms. The molecule has 0 amide bonds. The van der Waals surface area contributed by atoms with Gasteiger partial charge in [-0.05, 0) is 59.2 Å². The number of rotatable bonds is 12. The van der Waals surface area contributed by atoms with Gasteiger partial charge in [-0.25, -0.2) is 8.78 Å². The first-order valence-electron chi connectivity index (χ1n) is 12.9. The van der Waals surface area contributed by atoms with Gasteiger partial charge < -0.3 is 19.5 Å². The van der Waals surface area contributed by atoms with Gasteiger partial charge in [0.2, 0.25) is 0 Å². The van der Waals surface area contributed by atoms with Gasteiger partial charge in [0.1, 0.15) is 29.7 Å². The minimum atomic E-state index is -5.00. The molecule has 0 aliphatic rings. The Balaban J connectivity index is 1.65. The van der Waals surface area contributed by atoms with E-state index in [1.165, 1.54) is 24.3 Å². The van der Waals surface area contributed by atoms with Gasteiger partial charge in [0, 0.05) is 23.9 Å². The smallest absolute Gasteiger partial charge is 0.461 e. The Hall–Kier alpha value is -4.39. The van der Waals surface area contributed by atoms with Gasteiger partial charge in [-0.3, -0.25) is 0 Å². The maximum Gasteiger partial charge on any atom is 0.461 e. The minimum Gasteiger partial charge on any atom is -0.489 e. The zero-order chi connectivity index (χ0) is 32.1. The third-order valence-electron chi connectivity index (χ3n) is 6.27. The van der Waals surface area contributed by atoms with Crippen LogP contribution in [-0.4, -0.2) is 36.5 Å². The van der Waals surface area contributed by atoms with E-state index in [0.717, 1.165) is 29.2 Å². The van der Waals surface area contributed by atoms with Crippen LogP contribution in [0.1, 0.15) is 11.1 Å².